The van der Waals surface area contributed by atoms with Crippen molar-refractivity contribution in [1.29, 1.82) is 0 Å². The van der Waals surface area contributed by atoms with E-state index in [0.717, 1.165) is 12.8 Å². The van der Waals surface area contributed by atoms with E-state index in [1.165, 1.54) is 0 Å². The van der Waals surface area contributed by atoms with E-state index >= 15 is 0 Å². The highest BCUT2D eigenvalue weighted by Gasteiger charge is 2.35. The lowest BCUT2D eigenvalue weighted by atomic mass is 9.85. The van der Waals surface area contributed by atoms with E-state index in [2.05, 4.69) is 0 Å². The minimum absolute atomic E-state index is 0.363. The summed E-state index contributed by atoms with van der Waals surface area (Å²) in [5, 5.41) is 8.72. The van der Waals surface area contributed by atoms with Gasteiger partial charge >= 0.3 is 5.97 Å². The van der Waals surface area contributed by atoms with Crippen molar-refractivity contribution in [2.24, 2.45) is 5.41 Å². The van der Waals surface area contributed by atoms with Crippen molar-refractivity contribution in [3.63, 3.8) is 0 Å². The van der Waals surface area contributed by atoms with E-state index in [4.69, 9.17) is 9.84 Å². The molecule has 0 aromatic heterocycles. The molecule has 1 rings (SSSR count). The summed E-state index contributed by atoms with van der Waals surface area (Å²) >= 11 is 0. The van der Waals surface area contributed by atoms with Crippen LogP contribution in [-0.2, 0) is 9.53 Å². The summed E-state index contributed by atoms with van der Waals surface area (Å²) in [4.78, 5) is 10.6. The molecule has 3 heteroatoms. The molecule has 0 aliphatic carbocycles. The summed E-state index contributed by atoms with van der Waals surface area (Å²) < 4.78 is 5.07. The average molecular weight is 144 g/mol. The average Bonchev–Trinajstić information content (AvgIpc) is 1.89. The first-order valence-corrected chi connectivity index (χ1v) is 3.46. The van der Waals surface area contributed by atoms with Gasteiger partial charge in [0.25, 0.3) is 0 Å². The summed E-state index contributed by atoms with van der Waals surface area (Å²) in [6, 6.07) is 0. The Morgan fingerprint density at radius 3 is 2.70 bits per heavy atom. The van der Waals surface area contributed by atoms with Gasteiger partial charge in [0.1, 0.15) is 0 Å². The van der Waals surface area contributed by atoms with Crippen LogP contribution in [0, 0.1) is 5.41 Å². The molecule has 1 fully saturated rings. The van der Waals surface area contributed by atoms with E-state index in [1.807, 2.05) is 0 Å². The summed E-state index contributed by atoms with van der Waals surface area (Å²) in [6.07, 6.45) is 1.60. The van der Waals surface area contributed by atoms with Crippen LogP contribution in [0.4, 0.5) is 0 Å². The van der Waals surface area contributed by atoms with E-state index < -0.39 is 11.4 Å². The molecule has 0 saturated carbocycles. The standard InChI is InChI=1S/C7H12O3/c1-7(6(8)9)3-2-4-10-5-7/h2-5H2,1H3,(H,8,9)/t7-/m1/s1. The Morgan fingerprint density at radius 1 is 1.70 bits per heavy atom. The Morgan fingerprint density at radius 2 is 2.40 bits per heavy atom. The lowest BCUT2D eigenvalue weighted by Crippen LogP contribution is -2.36. The van der Waals surface area contributed by atoms with Crippen LogP contribution >= 0.6 is 0 Å². The third kappa shape index (κ3) is 1.29. The van der Waals surface area contributed by atoms with Crippen LogP contribution in [0.1, 0.15) is 19.8 Å². The van der Waals surface area contributed by atoms with Gasteiger partial charge in [0.05, 0.1) is 12.0 Å². The second-order valence-corrected chi connectivity index (χ2v) is 3.02. The van der Waals surface area contributed by atoms with Crippen molar-refractivity contribution >= 4 is 5.97 Å². The topological polar surface area (TPSA) is 46.5 Å². The van der Waals surface area contributed by atoms with E-state index in [9.17, 15) is 4.79 Å². The van der Waals surface area contributed by atoms with Crippen LogP contribution in [-0.4, -0.2) is 24.3 Å². The fraction of sp³-hybridized carbons (Fsp3) is 0.857. The van der Waals surface area contributed by atoms with Crippen molar-refractivity contribution in [1.82, 2.24) is 0 Å². The van der Waals surface area contributed by atoms with Gasteiger partial charge in [-0.1, -0.05) is 0 Å². The molecule has 1 atom stereocenters. The first-order chi connectivity index (χ1) is 4.65. The van der Waals surface area contributed by atoms with Gasteiger partial charge in [0.15, 0.2) is 0 Å². The van der Waals surface area contributed by atoms with E-state index in [-0.39, 0.29) is 0 Å². The first-order valence-electron chi connectivity index (χ1n) is 3.46. The zero-order valence-corrected chi connectivity index (χ0v) is 6.09. The van der Waals surface area contributed by atoms with Crippen LogP contribution in [0.2, 0.25) is 0 Å². The maximum atomic E-state index is 10.6. The van der Waals surface area contributed by atoms with E-state index in [1.54, 1.807) is 6.92 Å². The molecule has 0 bridgehead atoms. The molecule has 0 aromatic carbocycles. The second kappa shape index (κ2) is 2.58. The summed E-state index contributed by atoms with van der Waals surface area (Å²) in [5.74, 6) is -0.743. The summed E-state index contributed by atoms with van der Waals surface area (Å²) in [5.41, 5.74) is -0.627. The molecule has 1 N–H and O–H groups in total. The number of carboxylic acid groups (broad SMARTS) is 1. The van der Waals surface area contributed by atoms with Gasteiger partial charge < -0.3 is 9.84 Å². The maximum absolute atomic E-state index is 10.6. The molecule has 3 nitrogen and oxygen atoms in total. The molecule has 10 heavy (non-hydrogen) atoms. The normalized spacial score (nSPS) is 33.7. The first kappa shape index (κ1) is 7.54. The monoisotopic (exact) mass is 144 g/mol. The smallest absolute Gasteiger partial charge is 0.311 e. The third-order valence-electron chi connectivity index (χ3n) is 1.95. The van der Waals surface area contributed by atoms with Crippen molar-refractivity contribution < 1.29 is 14.6 Å². The predicted molar refractivity (Wildman–Crippen MR) is 35.8 cm³/mol. The van der Waals surface area contributed by atoms with Crippen LogP contribution < -0.4 is 0 Å². The minimum Gasteiger partial charge on any atom is -0.481 e. The molecule has 0 amide bonds. The second-order valence-electron chi connectivity index (χ2n) is 3.02. The fourth-order valence-corrected chi connectivity index (χ4v) is 1.10. The number of carboxylic acids is 1. The Balaban J connectivity index is 2.56. The zero-order chi connectivity index (χ0) is 7.61. The van der Waals surface area contributed by atoms with Crippen LogP contribution in [0.25, 0.3) is 0 Å². The SMILES string of the molecule is C[C@@]1(C(=O)O)CCCOC1. The van der Waals surface area contributed by atoms with Gasteiger partial charge in [-0.25, -0.2) is 0 Å². The number of ether oxygens (including phenoxy) is 1. The lowest BCUT2D eigenvalue weighted by molar-refractivity contribution is -0.155. The molecule has 1 heterocycles. The highest BCUT2D eigenvalue weighted by Crippen LogP contribution is 2.27. The third-order valence-corrected chi connectivity index (χ3v) is 1.95. The largest absolute Gasteiger partial charge is 0.481 e. The van der Waals surface area contributed by atoms with E-state index in [0.29, 0.717) is 13.2 Å². The van der Waals surface area contributed by atoms with Crippen molar-refractivity contribution in [3.05, 3.63) is 0 Å². The number of hydrogen-bond donors (Lipinski definition) is 1. The van der Waals surface area contributed by atoms with Gasteiger partial charge in [-0.2, -0.15) is 0 Å². The highest BCUT2D eigenvalue weighted by molar-refractivity contribution is 5.74. The van der Waals surface area contributed by atoms with Gasteiger partial charge in [0.2, 0.25) is 0 Å². The van der Waals surface area contributed by atoms with Crippen molar-refractivity contribution in [3.8, 4) is 0 Å². The van der Waals surface area contributed by atoms with Crippen LogP contribution in [0.5, 0.6) is 0 Å². The summed E-state index contributed by atoms with van der Waals surface area (Å²) in [7, 11) is 0. The molecule has 1 aliphatic rings. The Bertz CT molecular complexity index is 136. The predicted octanol–water partition coefficient (Wildman–Crippen LogP) is 0.888. The van der Waals surface area contributed by atoms with Crippen molar-refractivity contribution in [2.45, 2.75) is 19.8 Å². The molecule has 0 spiro atoms. The van der Waals surface area contributed by atoms with Gasteiger partial charge in [-0.3, -0.25) is 4.79 Å². The maximum Gasteiger partial charge on any atom is 0.311 e. The molecule has 1 saturated heterocycles. The quantitative estimate of drug-likeness (QED) is 0.594. The minimum atomic E-state index is -0.743. The fourth-order valence-electron chi connectivity index (χ4n) is 1.10. The van der Waals surface area contributed by atoms with Gasteiger partial charge in [-0.05, 0) is 19.8 Å². The van der Waals surface area contributed by atoms with Crippen LogP contribution in [0.15, 0.2) is 0 Å². The number of carbonyl (C=O) groups is 1. The van der Waals surface area contributed by atoms with Gasteiger partial charge in [-0.15, -0.1) is 0 Å². The Labute approximate surface area is 60.0 Å². The number of rotatable bonds is 1. The summed E-state index contributed by atoms with van der Waals surface area (Å²) in [6.45, 7) is 2.81. The molecule has 58 valence electrons. The Hall–Kier alpha value is -0.570. The molecule has 0 radical (unpaired) electrons. The highest BCUT2D eigenvalue weighted by atomic mass is 16.5. The molecule has 1 aliphatic heterocycles. The van der Waals surface area contributed by atoms with Crippen molar-refractivity contribution in [2.75, 3.05) is 13.2 Å². The Kier molecular flexibility index (Phi) is 1.94. The molecular formula is C7H12O3. The van der Waals surface area contributed by atoms with Crippen LogP contribution in [0.3, 0.4) is 0 Å². The molecular weight excluding hydrogens is 132 g/mol. The number of aliphatic carboxylic acids is 1. The molecule has 0 aromatic rings. The number of hydrogen-bond acceptors (Lipinski definition) is 2. The molecule has 0 unspecified atom stereocenters. The van der Waals surface area contributed by atoms with Gasteiger partial charge in [0, 0.05) is 6.61 Å². The zero-order valence-electron chi connectivity index (χ0n) is 6.09. The lowest BCUT2D eigenvalue weighted by Gasteiger charge is -2.28.